The highest BCUT2D eigenvalue weighted by Gasteiger charge is 2.20. The first-order valence-corrected chi connectivity index (χ1v) is 12.2. The van der Waals surface area contributed by atoms with Crippen LogP contribution in [-0.2, 0) is 0 Å². The van der Waals surface area contributed by atoms with Crippen LogP contribution in [-0.4, -0.2) is 14.1 Å². The normalized spacial score (nSPS) is 11.9. The Labute approximate surface area is 207 Å². The maximum atomic E-state index is 4.70. The third-order valence-corrected chi connectivity index (χ3v) is 7.34. The van der Waals surface area contributed by atoms with Gasteiger partial charge < -0.3 is 4.57 Å². The molecule has 0 saturated carbocycles. The number of hydrogen-bond donors (Lipinski definition) is 0. The Morgan fingerprint density at radius 1 is 0.444 bits per heavy atom. The molecule has 3 heteroatoms. The Bertz CT molecular complexity index is 2100. The number of hydrogen-bond acceptors (Lipinski definition) is 1. The Morgan fingerprint density at radius 3 is 1.78 bits per heavy atom. The lowest BCUT2D eigenvalue weighted by atomic mass is 10.1. The topological polar surface area (TPSA) is 22.8 Å². The van der Waals surface area contributed by atoms with E-state index in [1.165, 1.54) is 60.1 Å². The number of rotatable bonds is 2. The van der Waals surface area contributed by atoms with Crippen LogP contribution in [0.1, 0.15) is 0 Å². The van der Waals surface area contributed by atoms with Crippen LogP contribution < -0.4 is 0 Å². The largest absolute Gasteiger partial charge is 0.309 e. The summed E-state index contributed by atoms with van der Waals surface area (Å²) in [5.74, 6) is 0.932. The van der Waals surface area contributed by atoms with Gasteiger partial charge in [-0.3, -0.25) is 4.57 Å². The molecule has 0 aliphatic rings. The predicted octanol–water partition coefficient (Wildman–Crippen LogP) is 8.43. The molecule has 0 saturated heterocycles. The number of para-hydroxylation sites is 2. The van der Waals surface area contributed by atoms with Crippen LogP contribution in [0.5, 0.6) is 0 Å². The van der Waals surface area contributed by atoms with Crippen molar-refractivity contribution in [2.24, 2.45) is 0 Å². The minimum atomic E-state index is 0.932. The highest BCUT2D eigenvalue weighted by molar-refractivity contribution is 6.28. The number of benzene rings is 5. The minimum absolute atomic E-state index is 0.932. The fourth-order valence-corrected chi connectivity index (χ4v) is 5.85. The van der Waals surface area contributed by atoms with Gasteiger partial charge in [-0.05, 0) is 59.3 Å². The van der Waals surface area contributed by atoms with Gasteiger partial charge in [-0.2, -0.15) is 0 Å². The Morgan fingerprint density at radius 2 is 1.06 bits per heavy atom. The van der Waals surface area contributed by atoms with Gasteiger partial charge in [-0.15, -0.1) is 0 Å². The Hall–Kier alpha value is -4.89. The first kappa shape index (κ1) is 19.4. The smallest absolute Gasteiger partial charge is 0.137 e. The zero-order chi connectivity index (χ0) is 23.6. The third-order valence-electron chi connectivity index (χ3n) is 7.34. The maximum absolute atomic E-state index is 4.70. The fraction of sp³-hybridized carbons (Fsp3) is 0. The van der Waals surface area contributed by atoms with Crippen molar-refractivity contribution in [2.45, 2.75) is 0 Å². The number of pyridine rings is 1. The van der Waals surface area contributed by atoms with Crippen LogP contribution in [0.15, 0.2) is 128 Å². The lowest BCUT2D eigenvalue weighted by Gasteiger charge is -2.10. The third kappa shape index (κ3) is 2.60. The molecule has 0 amide bonds. The average Bonchev–Trinajstić information content (AvgIpc) is 3.46. The molecule has 8 rings (SSSR count). The summed E-state index contributed by atoms with van der Waals surface area (Å²) in [4.78, 5) is 4.70. The lowest BCUT2D eigenvalue weighted by molar-refractivity contribution is 1.08. The quantitative estimate of drug-likeness (QED) is 0.254. The van der Waals surface area contributed by atoms with E-state index < -0.39 is 0 Å². The molecule has 0 fully saturated rings. The van der Waals surface area contributed by atoms with E-state index in [9.17, 15) is 0 Å². The van der Waals surface area contributed by atoms with Gasteiger partial charge in [-0.1, -0.05) is 72.8 Å². The predicted molar refractivity (Wildman–Crippen MR) is 150 cm³/mol. The van der Waals surface area contributed by atoms with Crippen LogP contribution in [0.2, 0.25) is 0 Å². The molecular weight excluding hydrogens is 438 g/mol. The molecule has 3 aromatic heterocycles. The summed E-state index contributed by atoms with van der Waals surface area (Å²) in [5.41, 5.74) is 5.94. The average molecular weight is 460 g/mol. The molecule has 0 aliphatic carbocycles. The van der Waals surface area contributed by atoms with E-state index in [1.54, 1.807) is 0 Å². The summed E-state index contributed by atoms with van der Waals surface area (Å²) in [6.07, 6.45) is 1.86. The van der Waals surface area contributed by atoms with E-state index in [-0.39, 0.29) is 0 Å². The summed E-state index contributed by atoms with van der Waals surface area (Å²) in [6, 6.07) is 43.3. The van der Waals surface area contributed by atoms with E-state index in [0.717, 1.165) is 5.82 Å². The van der Waals surface area contributed by atoms with Gasteiger partial charge in [0.25, 0.3) is 0 Å². The van der Waals surface area contributed by atoms with Gasteiger partial charge in [0, 0.05) is 33.4 Å². The van der Waals surface area contributed by atoms with E-state index in [1.807, 2.05) is 18.3 Å². The lowest BCUT2D eigenvalue weighted by Crippen LogP contribution is -1.96. The number of nitrogens with zero attached hydrogens (tertiary/aromatic N) is 3. The molecule has 0 N–H and O–H groups in total. The van der Waals surface area contributed by atoms with Gasteiger partial charge in [0.15, 0.2) is 0 Å². The van der Waals surface area contributed by atoms with Crippen molar-refractivity contribution in [1.29, 1.82) is 0 Å². The summed E-state index contributed by atoms with van der Waals surface area (Å²) < 4.78 is 4.69. The number of fused-ring (bicyclic) bond motifs is 8. The molecule has 0 radical (unpaired) electrons. The SMILES string of the molecule is c1ccc(-n2c3ccccc3c3c4c5ccccc5n(-c5ccc6ccccc6c5)c4ccc32)nc1. The van der Waals surface area contributed by atoms with Crippen LogP contribution >= 0.6 is 0 Å². The second-order valence-electron chi connectivity index (χ2n) is 9.28. The van der Waals surface area contributed by atoms with Crippen LogP contribution in [0.3, 0.4) is 0 Å². The second-order valence-corrected chi connectivity index (χ2v) is 9.28. The van der Waals surface area contributed by atoms with Crippen molar-refractivity contribution < 1.29 is 0 Å². The standard InChI is InChI=1S/C33H21N3/c1-2-10-23-21-24(17-16-22(23)9-1)35-27-13-5-3-11-25(27)32-29(35)18-19-30-33(32)26-12-4-6-14-28(26)36(30)31-15-7-8-20-34-31/h1-21H. The summed E-state index contributed by atoms with van der Waals surface area (Å²) >= 11 is 0. The zero-order valence-electron chi connectivity index (χ0n) is 19.5. The molecular formula is C33H21N3. The Balaban J connectivity index is 1.57. The van der Waals surface area contributed by atoms with Crippen molar-refractivity contribution >= 4 is 54.4 Å². The van der Waals surface area contributed by atoms with Crippen LogP contribution in [0, 0.1) is 0 Å². The summed E-state index contributed by atoms with van der Waals surface area (Å²) in [6.45, 7) is 0. The number of aromatic nitrogens is 3. The van der Waals surface area contributed by atoms with Crippen molar-refractivity contribution in [2.75, 3.05) is 0 Å². The van der Waals surface area contributed by atoms with Crippen LogP contribution in [0.4, 0.5) is 0 Å². The summed E-state index contributed by atoms with van der Waals surface area (Å²) in [5, 5.41) is 7.54. The van der Waals surface area contributed by atoms with Crippen molar-refractivity contribution in [3.63, 3.8) is 0 Å². The second kappa shape index (κ2) is 7.30. The van der Waals surface area contributed by atoms with Gasteiger partial charge in [-0.25, -0.2) is 4.98 Å². The highest BCUT2D eigenvalue weighted by Crippen LogP contribution is 2.42. The van der Waals surface area contributed by atoms with E-state index in [4.69, 9.17) is 4.98 Å². The Kier molecular flexibility index (Phi) is 3.94. The molecule has 36 heavy (non-hydrogen) atoms. The molecule has 0 atom stereocenters. The monoisotopic (exact) mass is 459 g/mol. The zero-order valence-corrected chi connectivity index (χ0v) is 19.5. The van der Waals surface area contributed by atoms with Gasteiger partial charge in [0.05, 0.1) is 22.1 Å². The molecule has 3 nitrogen and oxygen atoms in total. The molecule has 0 bridgehead atoms. The summed E-state index contributed by atoms with van der Waals surface area (Å²) in [7, 11) is 0. The maximum Gasteiger partial charge on any atom is 0.137 e. The van der Waals surface area contributed by atoms with Gasteiger partial charge >= 0.3 is 0 Å². The minimum Gasteiger partial charge on any atom is -0.309 e. The van der Waals surface area contributed by atoms with E-state index in [0.29, 0.717) is 0 Å². The van der Waals surface area contributed by atoms with E-state index >= 15 is 0 Å². The van der Waals surface area contributed by atoms with Crippen molar-refractivity contribution in [3.05, 3.63) is 128 Å². The fourth-order valence-electron chi connectivity index (χ4n) is 5.85. The first-order chi connectivity index (χ1) is 17.9. The van der Waals surface area contributed by atoms with Gasteiger partial charge in [0.2, 0.25) is 0 Å². The van der Waals surface area contributed by atoms with E-state index in [2.05, 4.69) is 118 Å². The molecule has 5 aromatic carbocycles. The molecule has 0 unspecified atom stereocenters. The van der Waals surface area contributed by atoms with Crippen molar-refractivity contribution in [3.8, 4) is 11.5 Å². The molecule has 168 valence electrons. The molecule has 0 spiro atoms. The highest BCUT2D eigenvalue weighted by atomic mass is 15.1. The van der Waals surface area contributed by atoms with Gasteiger partial charge in [0.1, 0.15) is 5.82 Å². The van der Waals surface area contributed by atoms with Crippen LogP contribution in [0.25, 0.3) is 65.9 Å². The molecule has 3 heterocycles. The van der Waals surface area contributed by atoms with Crippen molar-refractivity contribution in [1.82, 2.24) is 14.1 Å². The molecule has 0 aliphatic heterocycles. The molecule has 8 aromatic rings. The first-order valence-electron chi connectivity index (χ1n) is 12.2.